The largest absolute Gasteiger partial charge is 0.507 e. The normalized spacial score (nSPS) is 13.2. The molecule has 0 aromatic heterocycles. The van der Waals surface area contributed by atoms with Gasteiger partial charge in [-0.1, -0.05) is 48.0 Å². The van der Waals surface area contributed by atoms with Crippen LogP contribution in [0.2, 0.25) is 0 Å². The van der Waals surface area contributed by atoms with E-state index in [2.05, 4.69) is 0 Å². The molecule has 1 aliphatic heterocycles. The van der Waals surface area contributed by atoms with Crippen LogP contribution in [0.5, 0.6) is 23.0 Å². The maximum absolute atomic E-state index is 13.5. The quantitative estimate of drug-likeness (QED) is 0.180. The predicted octanol–water partition coefficient (Wildman–Crippen LogP) is 6.19. The number of fused-ring (bicyclic) bond motifs is 1. The van der Waals surface area contributed by atoms with Crippen LogP contribution >= 0.6 is 7.60 Å². The molecule has 0 amide bonds. The molecule has 1 N–H and O–H groups in total. The molecule has 8 nitrogen and oxygen atoms in total. The number of methoxy groups -OCH3 is 1. The van der Waals surface area contributed by atoms with Gasteiger partial charge in [0.25, 0.3) is 0 Å². The van der Waals surface area contributed by atoms with Crippen molar-refractivity contribution in [3.63, 3.8) is 0 Å². The van der Waals surface area contributed by atoms with Crippen molar-refractivity contribution in [2.75, 3.05) is 20.1 Å². The summed E-state index contributed by atoms with van der Waals surface area (Å²) in [4.78, 5) is 12.1. The van der Waals surface area contributed by atoms with Crippen LogP contribution in [-0.2, 0) is 27.1 Å². The maximum atomic E-state index is 13.5. The van der Waals surface area contributed by atoms with Crippen LogP contribution in [0.3, 0.4) is 0 Å². The van der Waals surface area contributed by atoms with E-state index in [4.69, 9.17) is 23.3 Å². The highest BCUT2D eigenvalue weighted by Crippen LogP contribution is 2.48. The zero-order valence-electron chi connectivity index (χ0n) is 20.9. The van der Waals surface area contributed by atoms with Gasteiger partial charge < -0.3 is 28.4 Å². The number of rotatable bonds is 11. The molecule has 3 aromatic rings. The van der Waals surface area contributed by atoms with E-state index >= 15 is 0 Å². The van der Waals surface area contributed by atoms with Crippen molar-refractivity contribution >= 4 is 13.6 Å². The van der Waals surface area contributed by atoms with Crippen molar-refractivity contribution in [3.8, 4) is 23.0 Å². The molecule has 194 valence electrons. The van der Waals surface area contributed by atoms with E-state index in [1.807, 2.05) is 32.1 Å². The summed E-state index contributed by atoms with van der Waals surface area (Å²) in [6, 6.07) is 17.6. The zero-order valence-corrected chi connectivity index (χ0v) is 21.8. The number of para-hydroxylation sites is 2. The molecular formula is C28H29O8P. The van der Waals surface area contributed by atoms with E-state index in [9.17, 15) is 14.5 Å². The van der Waals surface area contributed by atoms with E-state index in [0.29, 0.717) is 34.8 Å². The summed E-state index contributed by atoms with van der Waals surface area (Å²) in [5.41, 5.74) is 2.89. The lowest BCUT2D eigenvalue weighted by molar-refractivity contribution is 0.0533. The number of phenols is 1. The number of aromatic hydroxyl groups is 1. The number of hydrogen-bond acceptors (Lipinski definition) is 8. The summed E-state index contributed by atoms with van der Waals surface area (Å²) < 4.78 is 41.4. The Morgan fingerprint density at radius 3 is 2.22 bits per heavy atom. The second-order valence-corrected chi connectivity index (χ2v) is 10.4. The Labute approximate surface area is 215 Å². The van der Waals surface area contributed by atoms with Crippen molar-refractivity contribution in [2.45, 2.75) is 26.9 Å². The van der Waals surface area contributed by atoms with Crippen LogP contribution in [0.4, 0.5) is 0 Å². The summed E-state index contributed by atoms with van der Waals surface area (Å²) in [5, 5.41) is 10.8. The van der Waals surface area contributed by atoms with Crippen molar-refractivity contribution in [1.29, 1.82) is 0 Å². The molecule has 1 heterocycles. The van der Waals surface area contributed by atoms with Gasteiger partial charge in [-0.2, -0.15) is 0 Å². The Bertz CT molecular complexity index is 1290. The molecule has 9 heteroatoms. The standard InChI is InChI=1S/C28H29O8P/c1-19(14-15-23-26(29)25-24(17-34-28(25)30)20(2)27(23)32-3)16-33-18-37(31,35-21-10-6-4-7-11-21)36-22-12-8-5-9-13-22/h4-14,29H,15-18H2,1-3H3/b19-14+. The number of benzene rings is 3. The van der Waals surface area contributed by atoms with Crippen molar-refractivity contribution in [1.82, 2.24) is 0 Å². The highest BCUT2D eigenvalue weighted by Gasteiger charge is 2.32. The third-order valence-corrected chi connectivity index (χ3v) is 7.33. The third-order valence-electron chi connectivity index (χ3n) is 5.86. The number of cyclic esters (lactones) is 1. The summed E-state index contributed by atoms with van der Waals surface area (Å²) in [6.45, 7) is 3.94. The lowest BCUT2D eigenvalue weighted by Crippen LogP contribution is -2.09. The molecule has 0 aliphatic carbocycles. The van der Waals surface area contributed by atoms with Crippen LogP contribution in [-0.4, -0.2) is 31.1 Å². The minimum Gasteiger partial charge on any atom is -0.507 e. The number of phenolic OH excluding ortho intramolecular Hbond substituents is 1. The summed E-state index contributed by atoms with van der Waals surface area (Å²) >= 11 is 0. The molecule has 0 atom stereocenters. The highest BCUT2D eigenvalue weighted by atomic mass is 31.2. The first kappa shape index (κ1) is 26.3. The van der Waals surface area contributed by atoms with Crippen molar-refractivity contribution in [2.24, 2.45) is 0 Å². The highest BCUT2D eigenvalue weighted by molar-refractivity contribution is 7.54. The molecule has 0 fully saturated rings. The van der Waals surface area contributed by atoms with Gasteiger partial charge in [-0.05, 0) is 50.1 Å². The van der Waals surface area contributed by atoms with Gasteiger partial charge in [0, 0.05) is 11.1 Å². The topological polar surface area (TPSA) is 101 Å². The minimum atomic E-state index is -3.70. The Kier molecular flexibility index (Phi) is 8.21. The van der Waals surface area contributed by atoms with Gasteiger partial charge in [-0.25, -0.2) is 9.36 Å². The number of carbonyl (C=O) groups is 1. The second-order valence-electron chi connectivity index (χ2n) is 8.57. The van der Waals surface area contributed by atoms with Crippen LogP contribution in [0.15, 0.2) is 72.3 Å². The van der Waals surface area contributed by atoms with E-state index < -0.39 is 13.6 Å². The van der Waals surface area contributed by atoms with Crippen molar-refractivity contribution in [3.05, 3.63) is 94.6 Å². The number of esters is 1. The average molecular weight is 525 g/mol. The number of hydrogen-bond donors (Lipinski definition) is 1. The first-order chi connectivity index (χ1) is 17.8. The van der Waals surface area contributed by atoms with Crippen LogP contribution < -0.4 is 13.8 Å². The Hall–Kier alpha value is -3.74. The van der Waals surface area contributed by atoms with E-state index in [0.717, 1.165) is 11.1 Å². The molecule has 3 aromatic carbocycles. The fraction of sp³-hybridized carbons (Fsp3) is 0.250. The van der Waals surface area contributed by atoms with Gasteiger partial charge in [0.1, 0.15) is 35.2 Å². The second kappa shape index (κ2) is 11.5. The Balaban J connectivity index is 1.45. The first-order valence-electron chi connectivity index (χ1n) is 11.7. The lowest BCUT2D eigenvalue weighted by atomic mass is 9.95. The average Bonchev–Trinajstić information content (AvgIpc) is 3.28. The fourth-order valence-corrected chi connectivity index (χ4v) is 5.38. The maximum Gasteiger partial charge on any atom is 0.456 e. The molecule has 0 radical (unpaired) electrons. The number of carbonyl (C=O) groups excluding carboxylic acids is 1. The molecule has 0 saturated carbocycles. The van der Waals surface area contributed by atoms with Gasteiger partial charge >= 0.3 is 13.6 Å². The minimum absolute atomic E-state index is 0.114. The van der Waals surface area contributed by atoms with E-state index in [1.54, 1.807) is 48.5 Å². The summed E-state index contributed by atoms with van der Waals surface area (Å²) in [6.07, 6.45) is 1.87. The van der Waals surface area contributed by atoms with Crippen LogP contribution in [0.1, 0.15) is 34.0 Å². The first-order valence-corrected chi connectivity index (χ1v) is 13.4. The van der Waals surface area contributed by atoms with Gasteiger partial charge in [-0.15, -0.1) is 0 Å². The summed E-state index contributed by atoms with van der Waals surface area (Å²) in [5.74, 6) is 0.644. The van der Waals surface area contributed by atoms with Crippen LogP contribution in [0, 0.1) is 6.92 Å². The summed E-state index contributed by atoms with van der Waals surface area (Å²) in [7, 11) is -2.18. The third kappa shape index (κ3) is 6.16. The molecular weight excluding hydrogens is 495 g/mol. The number of ether oxygens (including phenoxy) is 3. The molecule has 0 bridgehead atoms. The van der Waals surface area contributed by atoms with Crippen LogP contribution in [0.25, 0.3) is 0 Å². The van der Waals surface area contributed by atoms with E-state index in [1.165, 1.54) is 7.11 Å². The molecule has 0 saturated heterocycles. The van der Waals surface area contributed by atoms with E-state index in [-0.39, 0.29) is 30.9 Å². The molecule has 0 spiro atoms. The molecule has 37 heavy (non-hydrogen) atoms. The Morgan fingerprint density at radius 1 is 1.05 bits per heavy atom. The van der Waals surface area contributed by atoms with Gasteiger partial charge in [0.15, 0.2) is 6.35 Å². The predicted molar refractivity (Wildman–Crippen MR) is 139 cm³/mol. The molecule has 0 unspecified atom stereocenters. The van der Waals surface area contributed by atoms with Gasteiger partial charge in [0.05, 0.1) is 13.7 Å². The number of allylic oxidation sites excluding steroid dienone is 1. The van der Waals surface area contributed by atoms with Crippen molar-refractivity contribution < 1.29 is 37.7 Å². The zero-order chi connectivity index (χ0) is 26.4. The molecule has 1 aliphatic rings. The Morgan fingerprint density at radius 2 is 1.65 bits per heavy atom. The SMILES string of the molecule is COc1c(C)c2c(c(O)c1C/C=C(\C)COCP(=O)(Oc1ccccc1)Oc1ccccc1)C(=O)OC2. The smallest absolute Gasteiger partial charge is 0.456 e. The monoisotopic (exact) mass is 524 g/mol. The molecule has 4 rings (SSSR count). The fourth-order valence-electron chi connectivity index (χ4n) is 4.04. The van der Waals surface area contributed by atoms with Gasteiger partial charge in [0.2, 0.25) is 0 Å². The lowest BCUT2D eigenvalue weighted by Gasteiger charge is -2.20. The van der Waals surface area contributed by atoms with Gasteiger partial charge in [-0.3, -0.25) is 0 Å².